The van der Waals surface area contributed by atoms with Crippen LogP contribution in [0, 0.1) is 29.4 Å². The average Bonchev–Trinajstić information content (AvgIpc) is 2.66. The molecule has 2 rings (SSSR count). The first kappa shape index (κ1) is 21.6. The molecule has 3 nitrogen and oxygen atoms in total. The molecule has 152 valence electrons. The van der Waals surface area contributed by atoms with Crippen LogP contribution < -0.4 is 9.47 Å². The van der Waals surface area contributed by atoms with E-state index in [1.165, 1.54) is 51.3 Å². The van der Waals surface area contributed by atoms with Gasteiger partial charge in [0.25, 0.3) is 0 Å². The second kappa shape index (κ2) is 10.6. The molecular weight excluding hydrogens is 350 g/mol. The Morgan fingerprint density at radius 2 is 1.74 bits per heavy atom. The summed E-state index contributed by atoms with van der Waals surface area (Å²) in [5.41, 5.74) is 0. The van der Waals surface area contributed by atoms with Crippen molar-refractivity contribution < 1.29 is 23.0 Å². The van der Waals surface area contributed by atoms with Crippen molar-refractivity contribution in [3.8, 4) is 11.5 Å². The van der Waals surface area contributed by atoms with Crippen molar-refractivity contribution in [3.63, 3.8) is 0 Å². The van der Waals surface area contributed by atoms with Gasteiger partial charge in [-0.25, -0.2) is 0 Å². The van der Waals surface area contributed by atoms with Gasteiger partial charge in [0.15, 0.2) is 11.5 Å². The normalized spacial score (nSPS) is 20.9. The molecule has 1 fully saturated rings. The highest BCUT2D eigenvalue weighted by Gasteiger charge is 2.29. The van der Waals surface area contributed by atoms with Crippen LogP contribution in [0.2, 0.25) is 0 Å². The van der Waals surface area contributed by atoms with Gasteiger partial charge in [-0.3, -0.25) is 4.79 Å². The molecule has 1 aromatic carbocycles. The molecule has 0 aromatic heterocycles. The van der Waals surface area contributed by atoms with E-state index in [1.54, 1.807) is 0 Å². The van der Waals surface area contributed by atoms with E-state index in [1.807, 2.05) is 0 Å². The summed E-state index contributed by atoms with van der Waals surface area (Å²) in [5, 5.41) is 0. The van der Waals surface area contributed by atoms with Crippen LogP contribution in [0.5, 0.6) is 11.5 Å². The van der Waals surface area contributed by atoms with E-state index in [9.17, 15) is 13.6 Å². The topological polar surface area (TPSA) is 35.5 Å². The number of carbonyl (C=O) groups excluding carboxylic acids is 1. The summed E-state index contributed by atoms with van der Waals surface area (Å²) < 4.78 is 37.6. The molecule has 27 heavy (non-hydrogen) atoms. The third-order valence-corrected chi connectivity index (χ3v) is 5.71. The first-order chi connectivity index (χ1) is 13.0. The molecule has 0 bridgehead atoms. The zero-order valence-corrected chi connectivity index (χ0v) is 16.7. The lowest BCUT2D eigenvalue weighted by Gasteiger charge is -2.27. The fourth-order valence-corrected chi connectivity index (χ4v) is 4.02. The summed E-state index contributed by atoms with van der Waals surface area (Å²) in [5.74, 6) is -2.13. The fraction of sp³-hybridized carbons (Fsp3) is 0.682. The molecule has 1 saturated carbocycles. The van der Waals surface area contributed by atoms with Crippen LogP contribution in [0.15, 0.2) is 12.1 Å². The van der Waals surface area contributed by atoms with Crippen LogP contribution >= 0.6 is 0 Å². The van der Waals surface area contributed by atoms with E-state index in [2.05, 4.69) is 13.8 Å². The number of methoxy groups -OCH3 is 1. The van der Waals surface area contributed by atoms with Crippen LogP contribution in [0.1, 0.15) is 71.6 Å². The molecule has 1 unspecified atom stereocenters. The smallest absolute Gasteiger partial charge is 0.314 e. The highest BCUT2D eigenvalue weighted by Crippen LogP contribution is 2.34. The first-order valence-corrected chi connectivity index (χ1v) is 10.2. The molecule has 0 N–H and O–H groups in total. The van der Waals surface area contributed by atoms with Crippen molar-refractivity contribution in [3.05, 3.63) is 23.8 Å². The zero-order valence-electron chi connectivity index (χ0n) is 16.7. The van der Waals surface area contributed by atoms with Gasteiger partial charge in [0.2, 0.25) is 11.6 Å². The van der Waals surface area contributed by atoms with E-state index < -0.39 is 17.6 Å². The minimum atomic E-state index is -1.18. The maximum absolute atomic E-state index is 14.0. The molecule has 1 atom stereocenters. The van der Waals surface area contributed by atoms with Crippen molar-refractivity contribution in [1.82, 2.24) is 0 Å². The van der Waals surface area contributed by atoms with Gasteiger partial charge in [-0.1, -0.05) is 46.0 Å². The second-order valence-electron chi connectivity index (χ2n) is 7.86. The highest BCUT2D eigenvalue weighted by atomic mass is 19.2. The average molecular weight is 382 g/mol. The van der Waals surface area contributed by atoms with Crippen molar-refractivity contribution in [2.45, 2.75) is 71.6 Å². The minimum absolute atomic E-state index is 0.207. The fourth-order valence-electron chi connectivity index (χ4n) is 4.02. The second-order valence-corrected chi connectivity index (χ2v) is 7.86. The number of benzene rings is 1. The summed E-state index contributed by atoms with van der Waals surface area (Å²) in [6, 6.07) is 2.50. The largest absolute Gasteiger partial charge is 0.494 e. The summed E-state index contributed by atoms with van der Waals surface area (Å²) in [7, 11) is 1.26. The third kappa shape index (κ3) is 6.18. The van der Waals surface area contributed by atoms with Crippen LogP contribution in [-0.4, -0.2) is 13.1 Å². The van der Waals surface area contributed by atoms with Gasteiger partial charge >= 0.3 is 5.97 Å². The van der Waals surface area contributed by atoms with Gasteiger partial charge in [0.1, 0.15) is 0 Å². The Labute approximate surface area is 161 Å². The summed E-state index contributed by atoms with van der Waals surface area (Å²) >= 11 is 0. The van der Waals surface area contributed by atoms with E-state index in [4.69, 9.17) is 9.47 Å². The SMILES string of the molecule is CCCC(C)CCCC1CCC(C(=O)Oc2ccc(OC)c(F)c2F)CC1. The maximum atomic E-state index is 14.0. The monoisotopic (exact) mass is 382 g/mol. The molecule has 0 aliphatic heterocycles. The Morgan fingerprint density at radius 3 is 2.37 bits per heavy atom. The molecule has 0 spiro atoms. The zero-order chi connectivity index (χ0) is 19.8. The number of halogens is 2. The van der Waals surface area contributed by atoms with Gasteiger partial charge in [-0.05, 0) is 49.7 Å². The lowest BCUT2D eigenvalue weighted by Crippen LogP contribution is -2.26. The Kier molecular flexibility index (Phi) is 8.52. The first-order valence-electron chi connectivity index (χ1n) is 10.2. The van der Waals surface area contributed by atoms with E-state index in [-0.39, 0.29) is 17.4 Å². The van der Waals surface area contributed by atoms with Crippen LogP contribution in [-0.2, 0) is 4.79 Å². The number of esters is 1. The lowest BCUT2D eigenvalue weighted by molar-refractivity contribution is -0.140. The number of hydrogen-bond acceptors (Lipinski definition) is 3. The summed E-state index contributed by atoms with van der Waals surface area (Å²) in [6.07, 6.45) is 9.79. The van der Waals surface area contributed by atoms with Gasteiger partial charge < -0.3 is 9.47 Å². The molecule has 1 aliphatic carbocycles. The minimum Gasteiger partial charge on any atom is -0.494 e. The Bertz CT molecular complexity index is 610. The Hall–Kier alpha value is -1.65. The van der Waals surface area contributed by atoms with Crippen molar-refractivity contribution >= 4 is 5.97 Å². The quantitative estimate of drug-likeness (QED) is 0.372. The van der Waals surface area contributed by atoms with Gasteiger partial charge in [0, 0.05) is 0 Å². The van der Waals surface area contributed by atoms with Crippen molar-refractivity contribution in [1.29, 1.82) is 0 Å². The van der Waals surface area contributed by atoms with Crippen LogP contribution in [0.4, 0.5) is 8.78 Å². The standard InChI is InChI=1S/C22H32F2O3/c1-4-6-15(2)7-5-8-16-9-11-17(12-10-16)22(25)27-19-14-13-18(26-3)20(23)21(19)24/h13-17H,4-12H2,1-3H3. The Balaban J connectivity index is 1.77. The van der Waals surface area contributed by atoms with E-state index >= 15 is 0 Å². The predicted molar refractivity (Wildman–Crippen MR) is 102 cm³/mol. The molecule has 0 heterocycles. The third-order valence-electron chi connectivity index (χ3n) is 5.71. The van der Waals surface area contributed by atoms with Gasteiger partial charge in [0.05, 0.1) is 13.0 Å². The summed E-state index contributed by atoms with van der Waals surface area (Å²) in [4.78, 5) is 12.3. The van der Waals surface area contributed by atoms with E-state index in [0.29, 0.717) is 5.92 Å². The number of ether oxygens (including phenoxy) is 2. The maximum Gasteiger partial charge on any atom is 0.314 e. The highest BCUT2D eigenvalue weighted by molar-refractivity contribution is 5.75. The number of carbonyl (C=O) groups is 1. The van der Waals surface area contributed by atoms with Crippen molar-refractivity contribution in [2.24, 2.45) is 17.8 Å². The molecule has 1 aliphatic rings. The number of rotatable bonds is 9. The van der Waals surface area contributed by atoms with Crippen LogP contribution in [0.3, 0.4) is 0 Å². The van der Waals surface area contributed by atoms with E-state index in [0.717, 1.165) is 31.6 Å². The van der Waals surface area contributed by atoms with Crippen molar-refractivity contribution in [2.75, 3.05) is 7.11 Å². The number of hydrogen-bond donors (Lipinski definition) is 0. The predicted octanol–water partition coefficient (Wildman–Crippen LogP) is 6.29. The lowest BCUT2D eigenvalue weighted by atomic mass is 9.79. The molecule has 5 heteroatoms. The summed E-state index contributed by atoms with van der Waals surface area (Å²) in [6.45, 7) is 4.54. The molecule has 0 radical (unpaired) electrons. The Morgan fingerprint density at radius 1 is 1.11 bits per heavy atom. The molecule has 0 amide bonds. The molecule has 1 aromatic rings. The van der Waals surface area contributed by atoms with Crippen LogP contribution in [0.25, 0.3) is 0 Å². The molecule has 0 saturated heterocycles. The van der Waals surface area contributed by atoms with Gasteiger partial charge in [-0.15, -0.1) is 0 Å². The molecular formula is C22H32F2O3. The van der Waals surface area contributed by atoms with Gasteiger partial charge in [-0.2, -0.15) is 8.78 Å².